The molecule has 4 heteroatoms. The summed E-state index contributed by atoms with van der Waals surface area (Å²) >= 11 is 3.85. The summed E-state index contributed by atoms with van der Waals surface area (Å²) in [6, 6.07) is 25.1. The lowest BCUT2D eigenvalue weighted by molar-refractivity contribution is 0.589. The third-order valence-electron chi connectivity index (χ3n) is 7.72. The number of para-hydroxylation sites is 1. The number of benzene rings is 4. The van der Waals surface area contributed by atoms with Crippen molar-refractivity contribution in [3.05, 3.63) is 77.9 Å². The minimum atomic E-state index is 0.108. The SMILES string of the molecule is CC(C)(C)c1ccc2c(c1)Sc1cc3oc4ccccc4c3c3c1B2c1ccc(C(C)(C)C)cc1S3. The summed E-state index contributed by atoms with van der Waals surface area (Å²) in [6.45, 7) is 14.0. The maximum atomic E-state index is 6.43. The lowest BCUT2D eigenvalue weighted by atomic mass is 9.36. The van der Waals surface area contributed by atoms with Crippen LogP contribution in [-0.2, 0) is 10.8 Å². The van der Waals surface area contributed by atoms with E-state index in [1.54, 1.807) is 0 Å². The number of furan rings is 1. The fraction of sp³-hybridized carbons (Fsp3) is 0.250. The zero-order valence-electron chi connectivity index (χ0n) is 21.7. The molecular formula is C32H29BOS2. The normalized spacial score (nSPS) is 14.7. The maximum absolute atomic E-state index is 6.43. The summed E-state index contributed by atoms with van der Waals surface area (Å²) in [7, 11) is 0. The van der Waals surface area contributed by atoms with Gasteiger partial charge in [0.25, 0.3) is 0 Å². The first-order valence-electron chi connectivity index (χ1n) is 12.7. The monoisotopic (exact) mass is 504 g/mol. The van der Waals surface area contributed by atoms with Crippen molar-refractivity contribution in [1.29, 1.82) is 0 Å². The van der Waals surface area contributed by atoms with Crippen molar-refractivity contribution in [2.75, 3.05) is 0 Å². The summed E-state index contributed by atoms with van der Waals surface area (Å²) < 4.78 is 6.43. The standard InChI is InChI=1S/C32H29BOS2/c1-31(2,3)18-11-13-21-25(15-18)35-27-17-24-28(20-9-7-8-10-23(20)34-24)30-29(27)33(21)22-14-12-19(32(4,5)6)16-26(22)36-30/h7-17H,1-6H3. The molecule has 0 N–H and O–H groups in total. The largest absolute Gasteiger partial charge is 0.456 e. The molecule has 36 heavy (non-hydrogen) atoms. The lowest BCUT2D eigenvalue weighted by Crippen LogP contribution is -2.58. The maximum Gasteiger partial charge on any atom is 0.247 e. The van der Waals surface area contributed by atoms with Crippen LogP contribution in [0.4, 0.5) is 0 Å². The Morgan fingerprint density at radius 3 is 1.89 bits per heavy atom. The fourth-order valence-corrected chi connectivity index (χ4v) is 8.32. The average molecular weight is 505 g/mol. The van der Waals surface area contributed by atoms with E-state index in [2.05, 4.69) is 108 Å². The fourth-order valence-electron chi connectivity index (χ4n) is 5.67. The predicted molar refractivity (Wildman–Crippen MR) is 157 cm³/mol. The van der Waals surface area contributed by atoms with Gasteiger partial charge in [-0.2, -0.15) is 0 Å². The Kier molecular flexibility index (Phi) is 4.71. The van der Waals surface area contributed by atoms with E-state index >= 15 is 0 Å². The summed E-state index contributed by atoms with van der Waals surface area (Å²) in [5.74, 6) is 0. The van der Waals surface area contributed by atoms with Crippen LogP contribution in [0, 0.1) is 0 Å². The predicted octanol–water partition coefficient (Wildman–Crippen LogP) is 7.63. The average Bonchev–Trinajstić information content (AvgIpc) is 3.20. The summed E-state index contributed by atoms with van der Waals surface area (Å²) in [5, 5.41) is 2.48. The molecule has 7 rings (SSSR count). The molecule has 0 saturated carbocycles. The van der Waals surface area contributed by atoms with E-state index in [-0.39, 0.29) is 17.5 Å². The molecule has 0 aliphatic carbocycles. The molecule has 4 aromatic carbocycles. The van der Waals surface area contributed by atoms with Gasteiger partial charge in [-0.3, -0.25) is 0 Å². The van der Waals surface area contributed by atoms with Crippen molar-refractivity contribution in [1.82, 2.24) is 0 Å². The molecule has 1 aromatic heterocycles. The van der Waals surface area contributed by atoms with Crippen LogP contribution in [0.15, 0.2) is 90.7 Å². The van der Waals surface area contributed by atoms with E-state index < -0.39 is 0 Å². The molecule has 2 aliphatic heterocycles. The van der Waals surface area contributed by atoms with Gasteiger partial charge >= 0.3 is 0 Å². The molecule has 0 atom stereocenters. The van der Waals surface area contributed by atoms with E-state index in [4.69, 9.17) is 4.42 Å². The molecule has 0 amide bonds. The minimum absolute atomic E-state index is 0.108. The third-order valence-corrected chi connectivity index (χ3v) is 10.1. The highest BCUT2D eigenvalue weighted by Gasteiger charge is 2.40. The van der Waals surface area contributed by atoms with Crippen molar-refractivity contribution in [3.63, 3.8) is 0 Å². The molecular weight excluding hydrogens is 475 g/mol. The number of hydrogen-bond donors (Lipinski definition) is 0. The van der Waals surface area contributed by atoms with Gasteiger partial charge in [0.15, 0.2) is 0 Å². The van der Waals surface area contributed by atoms with Gasteiger partial charge in [-0.05, 0) is 51.7 Å². The van der Waals surface area contributed by atoms with E-state index in [0.29, 0.717) is 0 Å². The van der Waals surface area contributed by atoms with Gasteiger partial charge in [0, 0.05) is 30.4 Å². The molecule has 0 saturated heterocycles. The molecule has 0 radical (unpaired) electrons. The number of fused-ring (bicyclic) bond motifs is 8. The molecule has 178 valence electrons. The van der Waals surface area contributed by atoms with Gasteiger partial charge in [-0.15, -0.1) is 0 Å². The van der Waals surface area contributed by atoms with Crippen LogP contribution in [0.25, 0.3) is 21.9 Å². The summed E-state index contributed by atoms with van der Waals surface area (Å²) in [5.41, 5.74) is 9.27. The van der Waals surface area contributed by atoms with Crippen LogP contribution >= 0.6 is 23.5 Å². The van der Waals surface area contributed by atoms with Crippen molar-refractivity contribution in [3.8, 4) is 0 Å². The minimum Gasteiger partial charge on any atom is -0.456 e. The van der Waals surface area contributed by atoms with Crippen LogP contribution < -0.4 is 16.4 Å². The molecule has 1 nitrogen and oxygen atoms in total. The highest BCUT2D eigenvalue weighted by atomic mass is 32.2. The molecule has 0 unspecified atom stereocenters. The van der Waals surface area contributed by atoms with Gasteiger partial charge < -0.3 is 4.42 Å². The zero-order chi connectivity index (χ0) is 25.0. The molecule has 0 bridgehead atoms. The second kappa shape index (κ2) is 7.49. The van der Waals surface area contributed by atoms with Gasteiger partial charge in [0.05, 0.1) is 0 Å². The van der Waals surface area contributed by atoms with Crippen LogP contribution in [0.3, 0.4) is 0 Å². The van der Waals surface area contributed by atoms with E-state index in [1.807, 2.05) is 23.5 Å². The van der Waals surface area contributed by atoms with E-state index in [0.717, 1.165) is 11.2 Å². The second-order valence-corrected chi connectivity index (χ2v) is 14.4. The van der Waals surface area contributed by atoms with Gasteiger partial charge in [-0.25, -0.2) is 0 Å². The van der Waals surface area contributed by atoms with Crippen molar-refractivity contribution < 1.29 is 4.42 Å². The van der Waals surface area contributed by atoms with Crippen molar-refractivity contribution >= 4 is 68.6 Å². The first-order valence-corrected chi connectivity index (χ1v) is 14.4. The van der Waals surface area contributed by atoms with Gasteiger partial charge in [0.2, 0.25) is 6.71 Å². The topological polar surface area (TPSA) is 13.1 Å². The summed E-state index contributed by atoms with van der Waals surface area (Å²) in [6.07, 6.45) is 0. The van der Waals surface area contributed by atoms with Crippen LogP contribution in [0.2, 0.25) is 0 Å². The van der Waals surface area contributed by atoms with Crippen LogP contribution in [0.5, 0.6) is 0 Å². The first-order chi connectivity index (χ1) is 17.1. The Balaban J connectivity index is 1.56. The molecule has 5 aromatic rings. The quantitative estimate of drug-likeness (QED) is 0.197. The highest BCUT2D eigenvalue weighted by molar-refractivity contribution is 8.01. The van der Waals surface area contributed by atoms with Crippen LogP contribution in [0.1, 0.15) is 52.7 Å². The Hall–Kier alpha value is -2.56. The number of rotatable bonds is 0. The van der Waals surface area contributed by atoms with Crippen molar-refractivity contribution in [2.24, 2.45) is 0 Å². The summed E-state index contributed by atoms with van der Waals surface area (Å²) in [4.78, 5) is 5.45. The van der Waals surface area contributed by atoms with E-state index in [1.165, 1.54) is 57.9 Å². The second-order valence-electron chi connectivity index (χ2n) is 12.2. The Morgan fingerprint density at radius 2 is 1.25 bits per heavy atom. The van der Waals surface area contributed by atoms with E-state index in [9.17, 15) is 0 Å². The van der Waals surface area contributed by atoms with Gasteiger partial charge in [-0.1, -0.05) is 118 Å². The van der Waals surface area contributed by atoms with Crippen LogP contribution in [-0.4, -0.2) is 6.71 Å². The third kappa shape index (κ3) is 3.27. The first kappa shape index (κ1) is 22.6. The lowest BCUT2D eigenvalue weighted by Gasteiger charge is -2.34. The zero-order valence-corrected chi connectivity index (χ0v) is 23.3. The van der Waals surface area contributed by atoms with Gasteiger partial charge in [0.1, 0.15) is 11.2 Å². The van der Waals surface area contributed by atoms with Crippen molar-refractivity contribution in [2.45, 2.75) is 72.0 Å². The molecule has 0 fully saturated rings. The Labute approximate surface area is 222 Å². The Morgan fingerprint density at radius 1 is 0.639 bits per heavy atom. The number of hydrogen-bond acceptors (Lipinski definition) is 3. The molecule has 3 heterocycles. The Bertz CT molecular complexity index is 1700. The molecule has 2 aliphatic rings. The highest BCUT2D eigenvalue weighted by Crippen LogP contribution is 2.46. The molecule has 0 spiro atoms. The smallest absolute Gasteiger partial charge is 0.247 e.